The Labute approximate surface area is 88.2 Å². The van der Waals surface area contributed by atoms with Crippen LogP contribution in [0.1, 0.15) is 26.7 Å². The maximum Gasteiger partial charge on any atom is 0.391 e. The molecule has 90 valence electrons. The largest absolute Gasteiger partial charge is 0.391 e. The molecule has 0 saturated heterocycles. The van der Waals surface area contributed by atoms with E-state index < -0.39 is 12.6 Å². The Morgan fingerprint density at radius 1 is 1.40 bits per heavy atom. The number of ether oxygens (including phenoxy) is 1. The lowest BCUT2D eigenvalue weighted by molar-refractivity contribution is -0.170. The smallest absolute Gasteiger partial charge is 0.377 e. The van der Waals surface area contributed by atoms with E-state index >= 15 is 0 Å². The second-order valence-electron chi connectivity index (χ2n) is 4.62. The second-order valence-corrected chi connectivity index (χ2v) is 4.62. The van der Waals surface area contributed by atoms with Gasteiger partial charge in [0, 0.05) is 11.5 Å². The lowest BCUT2D eigenvalue weighted by Gasteiger charge is -2.51. The third-order valence-electron chi connectivity index (χ3n) is 3.23. The van der Waals surface area contributed by atoms with Crippen molar-refractivity contribution < 1.29 is 17.9 Å². The molecule has 0 aromatic rings. The summed E-state index contributed by atoms with van der Waals surface area (Å²) in [5.41, 5.74) is -0.0691. The number of hydrogen-bond donors (Lipinski definition) is 1. The number of halogens is 3. The van der Waals surface area contributed by atoms with Crippen LogP contribution in [0, 0.1) is 5.41 Å². The topological polar surface area (TPSA) is 21.3 Å². The summed E-state index contributed by atoms with van der Waals surface area (Å²) in [5, 5.41) is 3.13. The monoisotopic (exact) mass is 225 g/mol. The zero-order chi connectivity index (χ0) is 11.7. The molecule has 15 heavy (non-hydrogen) atoms. The molecule has 0 aromatic carbocycles. The van der Waals surface area contributed by atoms with Gasteiger partial charge in [0.25, 0.3) is 0 Å². The van der Waals surface area contributed by atoms with Gasteiger partial charge >= 0.3 is 6.18 Å². The van der Waals surface area contributed by atoms with E-state index in [9.17, 15) is 13.2 Å². The molecular weight excluding hydrogens is 207 g/mol. The Bertz CT molecular complexity index is 215. The van der Waals surface area contributed by atoms with Crippen LogP contribution in [0.2, 0.25) is 0 Å². The third-order valence-corrected chi connectivity index (χ3v) is 3.23. The first kappa shape index (κ1) is 12.8. The minimum Gasteiger partial charge on any atom is -0.377 e. The van der Waals surface area contributed by atoms with Crippen LogP contribution < -0.4 is 5.32 Å². The zero-order valence-corrected chi connectivity index (χ0v) is 9.32. The Morgan fingerprint density at radius 3 is 2.40 bits per heavy atom. The molecule has 0 amide bonds. The van der Waals surface area contributed by atoms with E-state index in [4.69, 9.17) is 4.74 Å². The van der Waals surface area contributed by atoms with Crippen molar-refractivity contribution in [3.8, 4) is 0 Å². The average Bonchev–Trinajstić information content (AvgIpc) is 2.08. The summed E-state index contributed by atoms with van der Waals surface area (Å²) in [7, 11) is 1.86. The molecule has 0 heterocycles. The minimum absolute atomic E-state index is 0.0581. The van der Waals surface area contributed by atoms with Crippen LogP contribution in [0.25, 0.3) is 0 Å². The summed E-state index contributed by atoms with van der Waals surface area (Å²) < 4.78 is 40.9. The van der Waals surface area contributed by atoms with Crippen LogP contribution in [0.15, 0.2) is 0 Å². The fourth-order valence-electron chi connectivity index (χ4n) is 1.98. The maximum atomic E-state index is 11.9. The summed E-state index contributed by atoms with van der Waals surface area (Å²) in [6.07, 6.45) is -4.24. The predicted molar refractivity (Wildman–Crippen MR) is 51.7 cm³/mol. The Balaban J connectivity index is 2.25. The molecule has 2 unspecified atom stereocenters. The summed E-state index contributed by atoms with van der Waals surface area (Å²) in [5.74, 6) is 0. The normalized spacial score (nSPS) is 30.0. The summed E-state index contributed by atoms with van der Waals surface area (Å²) >= 11 is 0. The van der Waals surface area contributed by atoms with E-state index in [2.05, 4.69) is 5.32 Å². The van der Waals surface area contributed by atoms with Crippen LogP contribution in [0.4, 0.5) is 13.2 Å². The van der Waals surface area contributed by atoms with Crippen molar-refractivity contribution in [1.82, 2.24) is 5.32 Å². The second kappa shape index (κ2) is 4.29. The van der Waals surface area contributed by atoms with Gasteiger partial charge in [0.2, 0.25) is 0 Å². The molecule has 1 aliphatic rings. The fourth-order valence-corrected chi connectivity index (χ4v) is 1.98. The molecule has 1 saturated carbocycles. The highest BCUT2D eigenvalue weighted by Crippen LogP contribution is 2.42. The van der Waals surface area contributed by atoms with Crippen molar-refractivity contribution in [2.75, 3.05) is 13.7 Å². The highest BCUT2D eigenvalue weighted by molar-refractivity contribution is 5.02. The molecule has 1 fully saturated rings. The standard InChI is InChI=1S/C10H18F3NO/c1-9(2)7(14-3)6-8(9)15-5-4-10(11,12)13/h7-8,14H,4-6H2,1-3H3. The first-order valence-corrected chi connectivity index (χ1v) is 5.13. The van der Waals surface area contributed by atoms with Crippen LogP contribution in [-0.4, -0.2) is 32.0 Å². The van der Waals surface area contributed by atoms with Crippen LogP contribution in [0.3, 0.4) is 0 Å². The molecule has 1 rings (SSSR count). The van der Waals surface area contributed by atoms with Crippen molar-refractivity contribution in [1.29, 1.82) is 0 Å². The van der Waals surface area contributed by atoms with Gasteiger partial charge in [-0.3, -0.25) is 0 Å². The molecule has 1 aliphatic carbocycles. The summed E-state index contributed by atoms with van der Waals surface area (Å²) in [4.78, 5) is 0. The van der Waals surface area contributed by atoms with E-state index in [0.717, 1.165) is 6.42 Å². The number of nitrogens with one attached hydrogen (secondary N) is 1. The first-order valence-electron chi connectivity index (χ1n) is 5.13. The molecule has 5 heteroatoms. The van der Waals surface area contributed by atoms with Crippen LogP contribution in [0.5, 0.6) is 0 Å². The molecule has 0 aliphatic heterocycles. The van der Waals surface area contributed by atoms with Gasteiger partial charge in [-0.25, -0.2) is 0 Å². The van der Waals surface area contributed by atoms with Gasteiger partial charge in [-0.2, -0.15) is 13.2 Å². The zero-order valence-electron chi connectivity index (χ0n) is 9.32. The van der Waals surface area contributed by atoms with E-state index in [1.165, 1.54) is 0 Å². The first-order chi connectivity index (χ1) is 6.77. The number of hydrogen-bond acceptors (Lipinski definition) is 2. The average molecular weight is 225 g/mol. The van der Waals surface area contributed by atoms with Gasteiger partial charge in [-0.1, -0.05) is 13.8 Å². The Kier molecular flexibility index (Phi) is 3.66. The lowest BCUT2D eigenvalue weighted by Crippen LogP contribution is -2.60. The number of rotatable bonds is 4. The van der Waals surface area contributed by atoms with Crippen molar-refractivity contribution in [2.24, 2.45) is 5.41 Å². The highest BCUT2D eigenvalue weighted by Gasteiger charge is 2.48. The van der Waals surface area contributed by atoms with Gasteiger partial charge in [0.05, 0.1) is 19.1 Å². The van der Waals surface area contributed by atoms with Gasteiger partial charge in [-0.05, 0) is 13.5 Å². The van der Waals surface area contributed by atoms with Gasteiger partial charge in [0.15, 0.2) is 0 Å². The maximum absolute atomic E-state index is 11.9. The predicted octanol–water partition coefficient (Wildman–Crippen LogP) is 2.34. The quantitative estimate of drug-likeness (QED) is 0.793. The SMILES string of the molecule is CNC1CC(OCCC(F)(F)F)C1(C)C. The van der Waals surface area contributed by atoms with E-state index in [-0.39, 0.29) is 18.1 Å². The van der Waals surface area contributed by atoms with Gasteiger partial charge < -0.3 is 10.1 Å². The molecule has 1 N–H and O–H groups in total. The molecule has 0 aromatic heterocycles. The van der Waals surface area contributed by atoms with Crippen LogP contribution >= 0.6 is 0 Å². The molecular formula is C10H18F3NO. The molecule has 0 spiro atoms. The number of alkyl halides is 3. The van der Waals surface area contributed by atoms with E-state index in [1.54, 1.807) is 0 Å². The summed E-state index contributed by atoms with van der Waals surface area (Å²) in [6, 6.07) is 0.341. The van der Waals surface area contributed by atoms with Gasteiger partial charge in [-0.15, -0.1) is 0 Å². The molecule has 2 nitrogen and oxygen atoms in total. The van der Waals surface area contributed by atoms with Crippen LogP contribution in [-0.2, 0) is 4.74 Å². The Morgan fingerprint density at radius 2 is 2.00 bits per heavy atom. The van der Waals surface area contributed by atoms with Crippen molar-refractivity contribution in [3.63, 3.8) is 0 Å². The third kappa shape index (κ3) is 3.08. The lowest BCUT2D eigenvalue weighted by atomic mass is 9.64. The highest BCUT2D eigenvalue weighted by atomic mass is 19.4. The van der Waals surface area contributed by atoms with Gasteiger partial charge in [0.1, 0.15) is 0 Å². The molecule has 2 atom stereocenters. The Hall–Kier alpha value is -0.290. The van der Waals surface area contributed by atoms with E-state index in [1.807, 2.05) is 20.9 Å². The fraction of sp³-hybridized carbons (Fsp3) is 1.00. The summed E-state index contributed by atoms with van der Waals surface area (Å²) in [6.45, 7) is 3.79. The molecule has 0 radical (unpaired) electrons. The van der Waals surface area contributed by atoms with Crippen molar-refractivity contribution in [3.05, 3.63) is 0 Å². The molecule has 0 bridgehead atoms. The van der Waals surface area contributed by atoms with Crippen molar-refractivity contribution in [2.45, 2.75) is 45.0 Å². The minimum atomic E-state index is -4.11. The van der Waals surface area contributed by atoms with Crippen molar-refractivity contribution >= 4 is 0 Å². The van der Waals surface area contributed by atoms with E-state index in [0.29, 0.717) is 6.04 Å².